The third-order valence-electron chi connectivity index (χ3n) is 9.86. The van der Waals surface area contributed by atoms with Crippen molar-refractivity contribution in [3.05, 3.63) is 64.1 Å². The first kappa shape index (κ1) is 33.3. The lowest BCUT2D eigenvalue weighted by Crippen LogP contribution is -2.54. The molecule has 3 fully saturated rings. The molecule has 2 aromatic carbocycles. The summed E-state index contributed by atoms with van der Waals surface area (Å²) in [4.78, 5) is 38.1. The summed E-state index contributed by atoms with van der Waals surface area (Å²) in [6.07, 6.45) is 4.28. The van der Waals surface area contributed by atoms with Crippen LogP contribution in [0.25, 0.3) is 22.0 Å². The molecule has 3 aromatic rings. The summed E-state index contributed by atoms with van der Waals surface area (Å²) in [6, 6.07) is 5.57. The molecule has 0 radical (unpaired) electrons. The number of halogens is 3. The Labute approximate surface area is 283 Å². The number of rotatable bonds is 6. The van der Waals surface area contributed by atoms with Crippen molar-refractivity contribution < 1.29 is 18.3 Å². The summed E-state index contributed by atoms with van der Waals surface area (Å²) in [5.74, 6) is 0.0834. The van der Waals surface area contributed by atoms with Gasteiger partial charge < -0.3 is 14.5 Å². The van der Waals surface area contributed by atoms with E-state index < -0.39 is 11.6 Å². The van der Waals surface area contributed by atoms with E-state index in [1.807, 2.05) is 6.92 Å². The second-order valence-corrected chi connectivity index (χ2v) is 14.0. The van der Waals surface area contributed by atoms with Gasteiger partial charge in [0.25, 0.3) is 0 Å². The normalized spacial score (nSPS) is 22.4. The molecule has 3 saturated heterocycles. The van der Waals surface area contributed by atoms with Crippen LogP contribution < -0.4 is 10.6 Å². The number of aromatic nitrogens is 2. The Morgan fingerprint density at radius 2 is 1.93 bits per heavy atom. The molecule has 4 aliphatic rings. The second kappa shape index (κ2) is 13.5. The van der Waals surface area contributed by atoms with Gasteiger partial charge in [-0.1, -0.05) is 18.2 Å². The van der Waals surface area contributed by atoms with Crippen molar-refractivity contribution in [2.75, 3.05) is 56.6 Å². The first-order chi connectivity index (χ1) is 21.7. The molecule has 2 atom stereocenters. The molecule has 7 rings (SSSR count). The van der Waals surface area contributed by atoms with Gasteiger partial charge in [-0.2, -0.15) is 18.5 Å². The highest BCUT2D eigenvalue weighted by atomic mass is 35.5. The van der Waals surface area contributed by atoms with Gasteiger partial charge in [0, 0.05) is 64.9 Å². The molecule has 246 valence electrons. The van der Waals surface area contributed by atoms with Gasteiger partial charge in [0.1, 0.15) is 17.5 Å². The zero-order chi connectivity index (χ0) is 31.4. The summed E-state index contributed by atoms with van der Waals surface area (Å²) in [7, 11) is 0. The van der Waals surface area contributed by atoms with E-state index >= 15 is 4.39 Å². The number of hydrogen-bond acceptors (Lipinski definition) is 7. The number of carbonyl (C=O) groups is 1. The molecule has 1 aromatic heterocycles. The van der Waals surface area contributed by atoms with Crippen LogP contribution in [0.1, 0.15) is 32.2 Å². The lowest BCUT2D eigenvalue weighted by atomic mass is 9.89. The smallest absolute Gasteiger partial charge is 0.350 e. The first-order valence-electron chi connectivity index (χ1n) is 15.6. The van der Waals surface area contributed by atoms with E-state index in [4.69, 9.17) is 16.3 Å². The summed E-state index contributed by atoms with van der Waals surface area (Å²) in [5.41, 5.74) is 0.993. The summed E-state index contributed by atoms with van der Waals surface area (Å²) >= 11 is 8.52. The Morgan fingerprint density at radius 3 is 2.59 bits per heavy atom. The molecule has 0 N–H and O–H groups in total. The van der Waals surface area contributed by atoms with Crippen LogP contribution >= 0.6 is 36.9 Å². The standard InChI is InChI=1S/C33H36ClF2N5O3S.H2S/c1-3-28(42)39-10-11-40(19(2)15-39)32-25-14-26(34)29(24-5-4-21(35)13-27(24)36)31-30(25)41(33(43)37-32)22(18-45-31)12-20-6-8-38(9-7-20)23-16-44-17-23;/h3-5,13-14,19-20,22-23H,1,6-12,15-18H2,2H3;1H2/t19-,22-;/m0./s1. The molecule has 0 saturated carbocycles. The Kier molecular flexibility index (Phi) is 9.74. The van der Waals surface area contributed by atoms with Crippen molar-refractivity contribution in [2.24, 2.45) is 5.92 Å². The minimum atomic E-state index is -0.710. The Hall–Kier alpha value is -2.64. The van der Waals surface area contributed by atoms with Crippen LogP contribution in [0, 0.1) is 17.6 Å². The zero-order valence-corrected chi connectivity index (χ0v) is 28.3. The van der Waals surface area contributed by atoms with Gasteiger partial charge in [-0.3, -0.25) is 14.3 Å². The van der Waals surface area contributed by atoms with Crippen LogP contribution in [0.3, 0.4) is 0 Å². The van der Waals surface area contributed by atoms with Crippen molar-refractivity contribution >= 4 is 59.5 Å². The highest BCUT2D eigenvalue weighted by molar-refractivity contribution is 7.99. The number of piperazine rings is 1. The quantitative estimate of drug-likeness (QED) is 0.318. The number of ether oxygens (including phenoxy) is 1. The highest BCUT2D eigenvalue weighted by Crippen LogP contribution is 2.49. The molecular formula is C33H38ClF2N5O3S2. The van der Waals surface area contributed by atoms with Crippen molar-refractivity contribution in [1.29, 1.82) is 0 Å². The number of benzene rings is 2. The van der Waals surface area contributed by atoms with Gasteiger partial charge in [0.15, 0.2) is 0 Å². The van der Waals surface area contributed by atoms with Gasteiger partial charge in [0.05, 0.1) is 29.8 Å². The number of anilines is 1. The Balaban J connectivity index is 0.00000372. The maximum atomic E-state index is 15.2. The minimum absolute atomic E-state index is 0. The van der Waals surface area contributed by atoms with Crippen LogP contribution in [0.15, 0.2) is 46.6 Å². The molecule has 1 amide bonds. The maximum Gasteiger partial charge on any atom is 0.350 e. The van der Waals surface area contributed by atoms with Gasteiger partial charge in [0.2, 0.25) is 5.91 Å². The zero-order valence-electron chi connectivity index (χ0n) is 25.7. The number of carbonyl (C=O) groups excluding carboxylic acids is 1. The second-order valence-electron chi connectivity index (χ2n) is 12.6. The van der Waals surface area contributed by atoms with Crippen LogP contribution in [0.5, 0.6) is 0 Å². The molecule has 13 heteroatoms. The number of piperidine rings is 1. The van der Waals surface area contributed by atoms with E-state index in [1.165, 1.54) is 18.2 Å². The topological polar surface area (TPSA) is 70.9 Å². The number of hydrogen-bond donors (Lipinski definition) is 0. The number of nitrogens with zero attached hydrogens (tertiary/aromatic N) is 5. The molecule has 0 spiro atoms. The number of amides is 1. The summed E-state index contributed by atoms with van der Waals surface area (Å²) in [5, 5.41) is 1.02. The Bertz CT molecular complexity index is 1730. The fourth-order valence-corrected chi connectivity index (χ4v) is 9.08. The van der Waals surface area contributed by atoms with Crippen LogP contribution in [-0.4, -0.2) is 89.0 Å². The van der Waals surface area contributed by atoms with Gasteiger partial charge in [-0.25, -0.2) is 13.6 Å². The molecule has 8 nitrogen and oxygen atoms in total. The maximum absolute atomic E-state index is 15.2. The van der Waals surface area contributed by atoms with Gasteiger partial charge in [-0.05, 0) is 69.5 Å². The van der Waals surface area contributed by atoms with Gasteiger partial charge >= 0.3 is 5.69 Å². The SMILES string of the molecule is C=CC(=O)N1CCN(c2nc(=O)n3c4c(c(-c5ccc(F)cc5F)c(Cl)cc24)SC[C@@H]3CC2CCN(C3COC3)CC2)[C@@H](C)C1.S. The number of thioether (sulfide) groups is 1. The van der Waals surface area contributed by atoms with Crippen LogP contribution in [-0.2, 0) is 9.53 Å². The van der Waals surface area contributed by atoms with E-state index in [0.29, 0.717) is 69.5 Å². The van der Waals surface area contributed by atoms with E-state index in [-0.39, 0.29) is 42.7 Å². The third kappa shape index (κ3) is 5.96. The van der Waals surface area contributed by atoms with Crippen LogP contribution in [0.4, 0.5) is 14.6 Å². The molecule has 46 heavy (non-hydrogen) atoms. The lowest BCUT2D eigenvalue weighted by molar-refractivity contribution is -0.126. The van der Waals surface area contributed by atoms with Gasteiger partial charge in [-0.15, -0.1) is 11.8 Å². The molecule has 0 bridgehead atoms. The van der Waals surface area contributed by atoms with Crippen molar-refractivity contribution in [3.63, 3.8) is 0 Å². The fraction of sp³-hybridized carbons (Fsp3) is 0.485. The molecule has 4 aliphatic heterocycles. The number of likely N-dealkylation sites (tertiary alicyclic amines) is 1. The largest absolute Gasteiger partial charge is 0.378 e. The summed E-state index contributed by atoms with van der Waals surface area (Å²) in [6.45, 7) is 10.7. The Morgan fingerprint density at radius 1 is 1.17 bits per heavy atom. The van der Waals surface area contributed by atoms with Crippen LogP contribution in [0.2, 0.25) is 5.02 Å². The molecule has 0 aliphatic carbocycles. The van der Waals surface area contributed by atoms with E-state index in [0.717, 1.165) is 51.6 Å². The van der Waals surface area contributed by atoms with E-state index in [1.54, 1.807) is 27.3 Å². The van der Waals surface area contributed by atoms with Crippen molar-refractivity contribution in [3.8, 4) is 11.1 Å². The average Bonchev–Trinajstić information content (AvgIpc) is 2.99. The molecule has 5 heterocycles. The average molecular weight is 690 g/mol. The third-order valence-corrected chi connectivity index (χ3v) is 11.4. The summed E-state index contributed by atoms with van der Waals surface area (Å²) < 4.78 is 36.4. The van der Waals surface area contributed by atoms with Crippen molar-refractivity contribution in [2.45, 2.75) is 49.2 Å². The molecule has 0 unspecified atom stereocenters. The monoisotopic (exact) mass is 689 g/mol. The highest BCUT2D eigenvalue weighted by Gasteiger charge is 2.36. The lowest BCUT2D eigenvalue weighted by Gasteiger charge is -2.42. The predicted octanol–water partition coefficient (Wildman–Crippen LogP) is 5.48. The molecular weight excluding hydrogens is 652 g/mol. The van der Waals surface area contributed by atoms with Crippen molar-refractivity contribution in [1.82, 2.24) is 19.4 Å². The van der Waals surface area contributed by atoms with E-state index in [2.05, 4.69) is 21.4 Å². The first-order valence-corrected chi connectivity index (χ1v) is 17.0. The van der Waals surface area contributed by atoms with E-state index in [9.17, 15) is 14.0 Å². The predicted molar refractivity (Wildman–Crippen MR) is 184 cm³/mol. The minimum Gasteiger partial charge on any atom is -0.378 e. The fourth-order valence-electron chi connectivity index (χ4n) is 7.37.